The first-order valence-corrected chi connectivity index (χ1v) is 10.4. The van der Waals surface area contributed by atoms with Crippen LogP contribution in [0.2, 0.25) is 0 Å². The molecular weight excluding hydrogens is 366 g/mol. The van der Waals surface area contributed by atoms with Gasteiger partial charge < -0.3 is 14.7 Å². The molecule has 1 aromatic carbocycles. The van der Waals surface area contributed by atoms with Gasteiger partial charge in [-0.05, 0) is 30.5 Å². The van der Waals surface area contributed by atoms with E-state index in [-0.39, 0.29) is 11.9 Å². The normalized spacial score (nSPS) is 25.7. The molecule has 0 unspecified atom stereocenters. The molecule has 2 fully saturated rings. The molecule has 2 saturated heterocycles. The van der Waals surface area contributed by atoms with Crippen LogP contribution in [0.15, 0.2) is 54.7 Å². The summed E-state index contributed by atoms with van der Waals surface area (Å²) in [6, 6.07) is 15.5. The highest BCUT2D eigenvalue weighted by Crippen LogP contribution is 2.36. The lowest BCUT2D eigenvalue weighted by Crippen LogP contribution is -2.63. The number of ether oxygens (including phenoxy) is 1. The summed E-state index contributed by atoms with van der Waals surface area (Å²) in [5.41, 5.74) is 0.900. The Kier molecular flexibility index (Phi) is 6.23. The van der Waals surface area contributed by atoms with Crippen LogP contribution < -0.4 is 0 Å². The maximum Gasteiger partial charge on any atom is 0.223 e. The Labute approximate surface area is 172 Å². The van der Waals surface area contributed by atoms with Crippen molar-refractivity contribution in [2.45, 2.75) is 30.9 Å². The number of aromatic nitrogens is 1. The Balaban J connectivity index is 1.49. The van der Waals surface area contributed by atoms with E-state index in [2.05, 4.69) is 9.88 Å². The predicted molar refractivity (Wildman–Crippen MR) is 110 cm³/mol. The fraction of sp³-hybridized carbons (Fsp3) is 0.478. The molecule has 0 aliphatic carbocycles. The molecule has 6 heteroatoms. The van der Waals surface area contributed by atoms with Gasteiger partial charge in [-0.15, -0.1) is 0 Å². The van der Waals surface area contributed by atoms with Crippen molar-refractivity contribution in [3.05, 3.63) is 66.0 Å². The molecule has 1 amide bonds. The van der Waals surface area contributed by atoms with Crippen LogP contribution >= 0.6 is 0 Å². The van der Waals surface area contributed by atoms with E-state index in [1.54, 1.807) is 6.20 Å². The van der Waals surface area contributed by atoms with E-state index < -0.39 is 5.60 Å². The first-order chi connectivity index (χ1) is 14.2. The summed E-state index contributed by atoms with van der Waals surface area (Å²) in [5, 5.41) is 11.7. The number of hydrogen-bond acceptors (Lipinski definition) is 5. The number of likely N-dealkylation sites (tertiary alicyclic amines) is 1. The topological polar surface area (TPSA) is 65.9 Å². The highest BCUT2D eigenvalue weighted by atomic mass is 16.5. The Morgan fingerprint density at radius 3 is 2.59 bits per heavy atom. The van der Waals surface area contributed by atoms with Crippen molar-refractivity contribution < 1.29 is 14.6 Å². The molecule has 4 rings (SSSR count). The average molecular weight is 396 g/mol. The van der Waals surface area contributed by atoms with Crippen molar-refractivity contribution in [1.82, 2.24) is 14.8 Å². The largest absolute Gasteiger partial charge is 0.383 e. The number of carbonyl (C=O) groups is 1. The first-order valence-electron chi connectivity index (χ1n) is 10.4. The standard InChI is InChI=1S/C23H29N3O3/c27-22(10-9-20-8-4-5-12-24-20)26-13-11-23(28,19-6-2-1-3-7-19)21(18-26)25-14-16-29-17-15-25/h1-8,12,21,28H,9-11,13-18H2/t21-,23+/m1/s1. The van der Waals surface area contributed by atoms with Crippen LogP contribution in [-0.4, -0.2) is 71.2 Å². The Bertz CT molecular complexity index is 796. The van der Waals surface area contributed by atoms with Crippen molar-refractivity contribution >= 4 is 5.91 Å². The zero-order valence-corrected chi connectivity index (χ0v) is 16.7. The van der Waals surface area contributed by atoms with Gasteiger partial charge in [0.2, 0.25) is 5.91 Å². The van der Waals surface area contributed by atoms with Crippen LogP contribution in [0.3, 0.4) is 0 Å². The molecule has 6 nitrogen and oxygen atoms in total. The monoisotopic (exact) mass is 395 g/mol. The van der Waals surface area contributed by atoms with E-state index in [0.29, 0.717) is 45.6 Å². The summed E-state index contributed by atoms with van der Waals surface area (Å²) < 4.78 is 5.52. The molecule has 0 spiro atoms. The first kappa shape index (κ1) is 20.0. The van der Waals surface area contributed by atoms with Gasteiger partial charge in [-0.1, -0.05) is 36.4 Å². The van der Waals surface area contributed by atoms with Gasteiger partial charge in [-0.2, -0.15) is 0 Å². The van der Waals surface area contributed by atoms with E-state index in [0.717, 1.165) is 24.3 Å². The fourth-order valence-corrected chi connectivity index (χ4v) is 4.46. The van der Waals surface area contributed by atoms with E-state index in [1.165, 1.54) is 0 Å². The molecule has 2 aromatic rings. The predicted octanol–water partition coefficient (Wildman–Crippen LogP) is 1.84. The molecule has 0 bridgehead atoms. The maximum atomic E-state index is 12.9. The van der Waals surface area contributed by atoms with Crippen LogP contribution in [0.5, 0.6) is 0 Å². The minimum atomic E-state index is -0.962. The van der Waals surface area contributed by atoms with E-state index in [9.17, 15) is 9.90 Å². The van der Waals surface area contributed by atoms with Gasteiger partial charge in [-0.3, -0.25) is 14.7 Å². The molecule has 3 heterocycles. The summed E-state index contributed by atoms with van der Waals surface area (Å²) in [6.45, 7) is 3.97. The minimum Gasteiger partial charge on any atom is -0.383 e. The second-order valence-electron chi connectivity index (χ2n) is 7.87. The molecule has 1 aromatic heterocycles. The summed E-state index contributed by atoms with van der Waals surface area (Å²) in [6.07, 6.45) is 3.38. The number of aryl methyl sites for hydroxylation is 1. The maximum absolute atomic E-state index is 12.9. The van der Waals surface area contributed by atoms with Gasteiger partial charge in [-0.25, -0.2) is 0 Å². The number of rotatable bonds is 5. The van der Waals surface area contributed by atoms with Crippen molar-refractivity contribution in [1.29, 1.82) is 0 Å². The number of morpholine rings is 1. The second kappa shape index (κ2) is 9.03. The lowest BCUT2D eigenvalue weighted by Gasteiger charge is -2.50. The molecule has 0 radical (unpaired) electrons. The third kappa shape index (κ3) is 4.50. The average Bonchev–Trinajstić information content (AvgIpc) is 2.79. The molecule has 154 valence electrons. The van der Waals surface area contributed by atoms with Crippen LogP contribution in [0.25, 0.3) is 0 Å². The molecule has 29 heavy (non-hydrogen) atoms. The third-order valence-corrected chi connectivity index (χ3v) is 6.14. The minimum absolute atomic E-state index is 0.129. The third-order valence-electron chi connectivity index (χ3n) is 6.14. The molecule has 2 atom stereocenters. The second-order valence-corrected chi connectivity index (χ2v) is 7.87. The Morgan fingerprint density at radius 1 is 1.10 bits per heavy atom. The molecule has 1 N–H and O–H groups in total. The van der Waals surface area contributed by atoms with E-state index in [4.69, 9.17) is 4.74 Å². The SMILES string of the molecule is O=C(CCc1ccccn1)N1CC[C@](O)(c2ccccc2)[C@H](N2CCOCC2)C1. The Morgan fingerprint density at radius 2 is 1.86 bits per heavy atom. The zero-order valence-electron chi connectivity index (χ0n) is 16.7. The number of hydrogen-bond donors (Lipinski definition) is 1. The number of aliphatic hydroxyl groups is 1. The number of carbonyl (C=O) groups excluding carboxylic acids is 1. The van der Waals surface area contributed by atoms with Gasteiger partial charge in [0, 0.05) is 44.5 Å². The number of amides is 1. The van der Waals surface area contributed by atoms with Crippen LogP contribution in [0.1, 0.15) is 24.1 Å². The van der Waals surface area contributed by atoms with Gasteiger partial charge in [0.15, 0.2) is 0 Å². The molecule has 0 saturated carbocycles. The van der Waals surface area contributed by atoms with Crippen molar-refractivity contribution in [3.63, 3.8) is 0 Å². The van der Waals surface area contributed by atoms with E-state index >= 15 is 0 Å². The number of piperidine rings is 1. The van der Waals surface area contributed by atoms with Crippen molar-refractivity contribution in [2.24, 2.45) is 0 Å². The fourth-order valence-electron chi connectivity index (χ4n) is 4.46. The van der Waals surface area contributed by atoms with Crippen molar-refractivity contribution in [3.8, 4) is 0 Å². The summed E-state index contributed by atoms with van der Waals surface area (Å²) in [5.74, 6) is 0.129. The quantitative estimate of drug-likeness (QED) is 0.837. The van der Waals surface area contributed by atoms with Gasteiger partial charge in [0.25, 0.3) is 0 Å². The van der Waals surface area contributed by atoms with Gasteiger partial charge in [0.05, 0.1) is 19.3 Å². The van der Waals surface area contributed by atoms with Crippen LogP contribution in [-0.2, 0) is 21.6 Å². The lowest BCUT2D eigenvalue weighted by molar-refractivity contribution is -0.147. The highest BCUT2D eigenvalue weighted by molar-refractivity contribution is 5.76. The summed E-state index contributed by atoms with van der Waals surface area (Å²) in [7, 11) is 0. The smallest absolute Gasteiger partial charge is 0.223 e. The van der Waals surface area contributed by atoms with Gasteiger partial charge in [0.1, 0.15) is 5.60 Å². The number of pyridine rings is 1. The zero-order chi connectivity index (χ0) is 20.1. The molecule has 2 aliphatic heterocycles. The van der Waals surface area contributed by atoms with Crippen LogP contribution in [0.4, 0.5) is 0 Å². The van der Waals surface area contributed by atoms with Crippen LogP contribution in [0, 0.1) is 0 Å². The van der Waals surface area contributed by atoms with E-state index in [1.807, 2.05) is 53.4 Å². The molecular formula is C23H29N3O3. The number of benzene rings is 1. The summed E-state index contributed by atoms with van der Waals surface area (Å²) >= 11 is 0. The van der Waals surface area contributed by atoms with Crippen molar-refractivity contribution in [2.75, 3.05) is 39.4 Å². The Hall–Kier alpha value is -2.28. The summed E-state index contributed by atoms with van der Waals surface area (Å²) in [4.78, 5) is 21.4. The lowest BCUT2D eigenvalue weighted by atomic mass is 9.79. The van der Waals surface area contributed by atoms with Gasteiger partial charge >= 0.3 is 0 Å². The number of nitrogens with zero attached hydrogens (tertiary/aromatic N) is 3. The highest BCUT2D eigenvalue weighted by Gasteiger charge is 2.46. The molecule has 2 aliphatic rings.